The number of nitrogens with zero attached hydrogens (tertiary/aromatic N) is 2. The number of amides is 2. The highest BCUT2D eigenvalue weighted by Crippen LogP contribution is 2.37. The number of carbonyl (C=O) groups excluding carboxylic acids is 2. The number of fused-ring (bicyclic) bond motifs is 1. The molecule has 1 aliphatic heterocycles. The quantitative estimate of drug-likeness (QED) is 0.887. The second kappa shape index (κ2) is 6.13. The SMILES string of the molecule is CCN1CCc2c(sc(NC(=O)c3cc(C)on3)c2C(N)=O)C1. The summed E-state index contributed by atoms with van der Waals surface area (Å²) in [6.07, 6.45) is 0.761. The zero-order valence-electron chi connectivity index (χ0n) is 13.0. The number of primary amides is 1. The summed E-state index contributed by atoms with van der Waals surface area (Å²) in [5, 5.41) is 6.93. The number of anilines is 1. The van der Waals surface area contributed by atoms with Crippen LogP contribution in [0, 0.1) is 6.92 Å². The van der Waals surface area contributed by atoms with Crippen LogP contribution in [0.4, 0.5) is 5.00 Å². The Bertz CT molecular complexity index is 765. The van der Waals surface area contributed by atoms with Crippen LogP contribution in [0.2, 0.25) is 0 Å². The number of nitrogens with two attached hydrogens (primary N) is 1. The van der Waals surface area contributed by atoms with Gasteiger partial charge in [0, 0.05) is 24.0 Å². The van der Waals surface area contributed by atoms with Crippen molar-refractivity contribution in [3.8, 4) is 0 Å². The lowest BCUT2D eigenvalue weighted by atomic mass is 10.0. The number of thiophene rings is 1. The number of aryl methyl sites for hydroxylation is 1. The zero-order chi connectivity index (χ0) is 16.6. The molecule has 2 aromatic heterocycles. The van der Waals surface area contributed by atoms with Crippen LogP contribution in [0.3, 0.4) is 0 Å². The van der Waals surface area contributed by atoms with Crippen LogP contribution in [0.15, 0.2) is 10.6 Å². The van der Waals surface area contributed by atoms with E-state index in [1.807, 2.05) is 0 Å². The van der Waals surface area contributed by atoms with Gasteiger partial charge in [-0.2, -0.15) is 0 Å². The first-order valence-corrected chi connectivity index (χ1v) is 8.22. The van der Waals surface area contributed by atoms with Crippen LogP contribution in [-0.2, 0) is 13.0 Å². The van der Waals surface area contributed by atoms with Gasteiger partial charge in [0.15, 0.2) is 5.69 Å². The number of carbonyl (C=O) groups is 2. The first-order valence-electron chi connectivity index (χ1n) is 7.41. The van der Waals surface area contributed by atoms with Crippen molar-refractivity contribution >= 4 is 28.2 Å². The molecule has 0 saturated carbocycles. The molecule has 0 spiro atoms. The van der Waals surface area contributed by atoms with E-state index in [1.165, 1.54) is 11.3 Å². The van der Waals surface area contributed by atoms with Crippen molar-refractivity contribution in [3.63, 3.8) is 0 Å². The van der Waals surface area contributed by atoms with Crippen LogP contribution in [0.1, 0.15) is 44.0 Å². The van der Waals surface area contributed by atoms with Gasteiger partial charge >= 0.3 is 0 Å². The number of hydrogen-bond acceptors (Lipinski definition) is 6. The Balaban J connectivity index is 1.91. The molecule has 3 heterocycles. The van der Waals surface area contributed by atoms with E-state index < -0.39 is 11.8 Å². The van der Waals surface area contributed by atoms with Crippen molar-refractivity contribution < 1.29 is 14.1 Å². The first kappa shape index (κ1) is 15.7. The van der Waals surface area contributed by atoms with E-state index in [4.69, 9.17) is 10.3 Å². The van der Waals surface area contributed by atoms with Crippen molar-refractivity contribution in [2.24, 2.45) is 5.73 Å². The maximum Gasteiger partial charge on any atom is 0.278 e. The molecule has 0 atom stereocenters. The highest BCUT2D eigenvalue weighted by Gasteiger charge is 2.27. The number of aromatic nitrogens is 1. The minimum atomic E-state index is -0.515. The first-order chi connectivity index (χ1) is 11.0. The van der Waals surface area contributed by atoms with Crippen molar-refractivity contribution in [3.05, 3.63) is 33.5 Å². The zero-order valence-corrected chi connectivity index (χ0v) is 13.8. The minimum Gasteiger partial charge on any atom is -0.365 e. The predicted octanol–water partition coefficient (Wildman–Crippen LogP) is 1.77. The van der Waals surface area contributed by atoms with Gasteiger partial charge in [-0.1, -0.05) is 12.1 Å². The highest BCUT2D eigenvalue weighted by atomic mass is 32.1. The fourth-order valence-electron chi connectivity index (χ4n) is 2.72. The maximum absolute atomic E-state index is 12.2. The average molecular weight is 334 g/mol. The Morgan fingerprint density at radius 3 is 2.91 bits per heavy atom. The van der Waals surface area contributed by atoms with Gasteiger partial charge in [-0.15, -0.1) is 11.3 Å². The summed E-state index contributed by atoms with van der Waals surface area (Å²) in [7, 11) is 0. The summed E-state index contributed by atoms with van der Waals surface area (Å²) in [6, 6.07) is 1.55. The molecule has 1 aliphatic rings. The lowest BCUT2D eigenvalue weighted by molar-refractivity contribution is 0.1000. The average Bonchev–Trinajstić information content (AvgIpc) is 3.09. The second-order valence-electron chi connectivity index (χ2n) is 5.47. The lowest BCUT2D eigenvalue weighted by Crippen LogP contribution is -2.30. The summed E-state index contributed by atoms with van der Waals surface area (Å²) in [6.45, 7) is 6.42. The molecule has 3 rings (SSSR count). The fourth-order valence-corrected chi connectivity index (χ4v) is 4.01. The van der Waals surface area contributed by atoms with Gasteiger partial charge in [0.1, 0.15) is 10.8 Å². The largest absolute Gasteiger partial charge is 0.365 e. The Labute approximate surface area is 137 Å². The van der Waals surface area contributed by atoms with Crippen molar-refractivity contribution in [2.75, 3.05) is 18.4 Å². The normalized spacial score (nSPS) is 14.5. The topological polar surface area (TPSA) is 101 Å². The van der Waals surface area contributed by atoms with E-state index in [0.717, 1.165) is 36.5 Å². The van der Waals surface area contributed by atoms with Gasteiger partial charge in [0.25, 0.3) is 11.8 Å². The predicted molar refractivity (Wildman–Crippen MR) is 86.7 cm³/mol. The standard InChI is InChI=1S/C15H18N4O3S/c1-3-19-5-4-9-11(7-19)23-15(12(9)13(16)20)17-14(21)10-6-8(2)22-18-10/h6H,3-5,7H2,1-2H3,(H2,16,20)(H,17,21). The van der Waals surface area contributed by atoms with E-state index in [9.17, 15) is 9.59 Å². The summed E-state index contributed by atoms with van der Waals surface area (Å²) in [5.74, 6) is -0.372. The lowest BCUT2D eigenvalue weighted by Gasteiger charge is -2.25. The molecule has 0 aliphatic carbocycles. The summed E-state index contributed by atoms with van der Waals surface area (Å²) in [5.41, 5.74) is 7.10. The third-order valence-electron chi connectivity index (χ3n) is 3.92. The molecule has 0 bridgehead atoms. The van der Waals surface area contributed by atoms with Gasteiger partial charge in [0.2, 0.25) is 0 Å². The number of hydrogen-bond donors (Lipinski definition) is 2. The van der Waals surface area contributed by atoms with Crippen LogP contribution in [0.5, 0.6) is 0 Å². The van der Waals surface area contributed by atoms with Gasteiger partial charge < -0.3 is 15.6 Å². The maximum atomic E-state index is 12.2. The molecule has 2 aromatic rings. The third kappa shape index (κ3) is 2.99. The number of likely N-dealkylation sites (N-methyl/N-ethyl adjacent to an activating group) is 1. The Morgan fingerprint density at radius 1 is 1.52 bits per heavy atom. The Hall–Kier alpha value is -2.19. The summed E-state index contributed by atoms with van der Waals surface area (Å²) >= 11 is 1.41. The molecule has 7 nitrogen and oxygen atoms in total. The van der Waals surface area contributed by atoms with Gasteiger partial charge in [-0.25, -0.2) is 0 Å². The Morgan fingerprint density at radius 2 is 2.30 bits per heavy atom. The molecule has 23 heavy (non-hydrogen) atoms. The molecule has 0 unspecified atom stereocenters. The number of nitrogens with one attached hydrogen (secondary N) is 1. The molecule has 2 amide bonds. The van der Waals surface area contributed by atoms with Crippen LogP contribution in [-0.4, -0.2) is 35.0 Å². The molecule has 8 heteroatoms. The smallest absolute Gasteiger partial charge is 0.278 e. The van der Waals surface area contributed by atoms with Crippen molar-refractivity contribution in [1.29, 1.82) is 0 Å². The van der Waals surface area contributed by atoms with E-state index in [2.05, 4.69) is 22.3 Å². The molecule has 0 aromatic carbocycles. The monoisotopic (exact) mass is 334 g/mol. The molecule has 0 fully saturated rings. The Kier molecular flexibility index (Phi) is 4.18. The molecule has 3 N–H and O–H groups in total. The van der Waals surface area contributed by atoms with E-state index in [0.29, 0.717) is 16.3 Å². The van der Waals surface area contributed by atoms with Crippen LogP contribution < -0.4 is 11.1 Å². The summed E-state index contributed by atoms with van der Waals surface area (Å²) in [4.78, 5) is 27.5. The van der Waals surface area contributed by atoms with E-state index in [-0.39, 0.29) is 5.69 Å². The van der Waals surface area contributed by atoms with E-state index in [1.54, 1.807) is 13.0 Å². The number of rotatable bonds is 4. The van der Waals surface area contributed by atoms with Crippen molar-refractivity contribution in [2.45, 2.75) is 26.8 Å². The van der Waals surface area contributed by atoms with Crippen LogP contribution >= 0.6 is 11.3 Å². The summed E-state index contributed by atoms with van der Waals surface area (Å²) < 4.78 is 4.91. The molecule has 0 radical (unpaired) electrons. The molecular weight excluding hydrogens is 316 g/mol. The van der Waals surface area contributed by atoms with Crippen LogP contribution in [0.25, 0.3) is 0 Å². The molecule has 0 saturated heterocycles. The minimum absolute atomic E-state index is 0.180. The molecular formula is C15H18N4O3S. The van der Waals surface area contributed by atoms with Gasteiger partial charge in [-0.3, -0.25) is 14.5 Å². The van der Waals surface area contributed by atoms with Gasteiger partial charge in [-0.05, 0) is 25.5 Å². The second-order valence-corrected chi connectivity index (χ2v) is 6.57. The van der Waals surface area contributed by atoms with E-state index >= 15 is 0 Å². The fraction of sp³-hybridized carbons (Fsp3) is 0.400. The van der Waals surface area contributed by atoms with Crippen molar-refractivity contribution in [1.82, 2.24) is 10.1 Å². The third-order valence-corrected chi connectivity index (χ3v) is 5.05. The highest BCUT2D eigenvalue weighted by molar-refractivity contribution is 7.17. The molecule has 122 valence electrons. The van der Waals surface area contributed by atoms with Gasteiger partial charge in [0.05, 0.1) is 5.56 Å².